The van der Waals surface area contributed by atoms with Crippen LogP contribution in [0.1, 0.15) is 23.8 Å². The fourth-order valence-corrected chi connectivity index (χ4v) is 6.29. The molecule has 0 amide bonds. The van der Waals surface area contributed by atoms with Crippen molar-refractivity contribution in [1.82, 2.24) is 19.4 Å². The van der Waals surface area contributed by atoms with E-state index < -0.39 is 0 Å². The van der Waals surface area contributed by atoms with Gasteiger partial charge in [-0.05, 0) is 51.1 Å². The van der Waals surface area contributed by atoms with Gasteiger partial charge in [-0.15, -0.1) is 11.3 Å². The number of para-hydroxylation sites is 2. The predicted molar refractivity (Wildman–Crippen MR) is 134 cm³/mol. The van der Waals surface area contributed by atoms with E-state index in [-0.39, 0.29) is 0 Å². The Hall–Kier alpha value is -2.42. The number of likely N-dealkylation sites (N-methyl/N-ethyl adjacent to an activating group) is 1. The van der Waals surface area contributed by atoms with Crippen LogP contribution in [0.3, 0.4) is 0 Å². The Labute approximate surface area is 199 Å². The third-order valence-corrected chi connectivity index (χ3v) is 7.94. The van der Waals surface area contributed by atoms with E-state index in [2.05, 4.69) is 39.9 Å². The smallest absolute Gasteiger partial charge is 0.142 e. The van der Waals surface area contributed by atoms with E-state index >= 15 is 0 Å². The standard InChI is InChI=1S/C25H34N6OS/c1-3-32-21-8-5-4-7-20(21)30-15-13-29(14-16-30)10-6-11-31-18-27-25-23(24(31)26)19-9-12-28(2)17-22(19)33-25/h4-5,7-8,18,26H,3,6,9-17H2,1-2H3. The van der Waals surface area contributed by atoms with Gasteiger partial charge in [0.25, 0.3) is 0 Å². The van der Waals surface area contributed by atoms with Gasteiger partial charge < -0.3 is 19.1 Å². The maximum atomic E-state index is 8.83. The van der Waals surface area contributed by atoms with Crippen LogP contribution < -0.4 is 15.1 Å². The van der Waals surface area contributed by atoms with Gasteiger partial charge in [-0.2, -0.15) is 0 Å². The van der Waals surface area contributed by atoms with Crippen LogP contribution in [0.4, 0.5) is 5.69 Å². The highest BCUT2D eigenvalue weighted by molar-refractivity contribution is 7.18. The van der Waals surface area contributed by atoms with Crippen LogP contribution in [0.25, 0.3) is 10.2 Å². The first-order valence-electron chi connectivity index (χ1n) is 12.1. The minimum atomic E-state index is 0.638. The van der Waals surface area contributed by atoms with Crippen LogP contribution in [0.2, 0.25) is 0 Å². The number of rotatable bonds is 7. The average molecular weight is 467 g/mol. The summed E-state index contributed by atoms with van der Waals surface area (Å²) in [6.07, 6.45) is 3.94. The number of aryl methyl sites for hydroxylation is 1. The molecular weight excluding hydrogens is 432 g/mol. The number of nitrogens with zero attached hydrogens (tertiary/aromatic N) is 5. The molecule has 3 aromatic rings. The number of thiophene rings is 1. The number of fused-ring (bicyclic) bond motifs is 3. The number of ether oxygens (including phenoxy) is 1. The second-order valence-electron chi connectivity index (χ2n) is 9.04. The molecule has 1 aromatic carbocycles. The second kappa shape index (κ2) is 9.83. The lowest BCUT2D eigenvalue weighted by molar-refractivity contribution is 0.248. The van der Waals surface area contributed by atoms with Crippen molar-refractivity contribution in [3.05, 3.63) is 46.5 Å². The zero-order chi connectivity index (χ0) is 22.8. The monoisotopic (exact) mass is 466 g/mol. The zero-order valence-corrected chi connectivity index (χ0v) is 20.5. The summed E-state index contributed by atoms with van der Waals surface area (Å²) in [4.78, 5) is 14.5. The Morgan fingerprint density at radius 3 is 2.73 bits per heavy atom. The molecule has 8 heteroatoms. The molecule has 5 rings (SSSR count). The molecule has 0 spiro atoms. The largest absolute Gasteiger partial charge is 0.492 e. The molecule has 1 saturated heterocycles. The Bertz CT molecular complexity index is 1160. The molecule has 33 heavy (non-hydrogen) atoms. The second-order valence-corrected chi connectivity index (χ2v) is 10.1. The van der Waals surface area contributed by atoms with Crippen LogP contribution in [0.5, 0.6) is 5.75 Å². The lowest BCUT2D eigenvalue weighted by Crippen LogP contribution is -2.47. The Morgan fingerprint density at radius 2 is 1.91 bits per heavy atom. The summed E-state index contributed by atoms with van der Waals surface area (Å²) in [6, 6.07) is 8.36. The molecule has 4 heterocycles. The van der Waals surface area contributed by atoms with Gasteiger partial charge in [0.05, 0.1) is 24.0 Å². The summed E-state index contributed by atoms with van der Waals surface area (Å²) in [6.45, 7) is 10.8. The Balaban J connectivity index is 1.18. The maximum absolute atomic E-state index is 8.83. The molecule has 7 nitrogen and oxygen atoms in total. The van der Waals surface area contributed by atoms with Crippen molar-refractivity contribution in [2.45, 2.75) is 32.9 Å². The first-order chi connectivity index (χ1) is 16.1. The molecule has 1 fully saturated rings. The van der Waals surface area contributed by atoms with Crippen molar-refractivity contribution in [1.29, 1.82) is 5.41 Å². The summed E-state index contributed by atoms with van der Waals surface area (Å²) in [5.74, 6) is 0.984. The molecule has 0 saturated carbocycles. The summed E-state index contributed by atoms with van der Waals surface area (Å²) in [5.41, 5.74) is 3.21. The number of hydrogen-bond acceptors (Lipinski definition) is 7. The van der Waals surface area contributed by atoms with Crippen molar-refractivity contribution in [2.75, 3.05) is 57.8 Å². The van der Waals surface area contributed by atoms with Crippen molar-refractivity contribution in [3.63, 3.8) is 0 Å². The minimum absolute atomic E-state index is 0.638. The molecule has 176 valence electrons. The molecular formula is C25H34N6OS. The van der Waals surface area contributed by atoms with Gasteiger partial charge in [0.15, 0.2) is 0 Å². The quantitative estimate of drug-likeness (QED) is 0.580. The van der Waals surface area contributed by atoms with Crippen molar-refractivity contribution < 1.29 is 4.74 Å². The zero-order valence-electron chi connectivity index (χ0n) is 19.7. The summed E-state index contributed by atoms with van der Waals surface area (Å²) >= 11 is 1.77. The van der Waals surface area contributed by atoms with Gasteiger partial charge >= 0.3 is 0 Å². The van der Waals surface area contributed by atoms with Gasteiger partial charge in [-0.3, -0.25) is 10.3 Å². The topological polar surface area (TPSA) is 60.6 Å². The van der Waals surface area contributed by atoms with Gasteiger partial charge in [0.1, 0.15) is 16.1 Å². The summed E-state index contributed by atoms with van der Waals surface area (Å²) in [7, 11) is 2.17. The van der Waals surface area contributed by atoms with Crippen LogP contribution in [-0.4, -0.2) is 72.3 Å². The van der Waals surface area contributed by atoms with E-state index in [4.69, 9.17) is 15.1 Å². The van der Waals surface area contributed by atoms with E-state index in [9.17, 15) is 0 Å². The fourth-order valence-electron chi connectivity index (χ4n) is 5.02. The van der Waals surface area contributed by atoms with Crippen molar-refractivity contribution in [2.24, 2.45) is 0 Å². The van der Waals surface area contributed by atoms with Gasteiger partial charge in [-0.25, -0.2) is 4.98 Å². The average Bonchev–Trinajstić information content (AvgIpc) is 3.20. The molecule has 2 aliphatic rings. The van der Waals surface area contributed by atoms with E-state index in [0.29, 0.717) is 12.1 Å². The molecule has 2 aromatic heterocycles. The first kappa shape index (κ1) is 22.4. The molecule has 0 radical (unpaired) electrons. The number of piperazine rings is 1. The third-order valence-electron chi connectivity index (χ3n) is 6.82. The van der Waals surface area contributed by atoms with E-state index in [0.717, 1.165) is 81.2 Å². The predicted octanol–water partition coefficient (Wildman–Crippen LogP) is 3.18. The highest BCUT2D eigenvalue weighted by Crippen LogP contribution is 2.32. The van der Waals surface area contributed by atoms with Gasteiger partial charge in [0, 0.05) is 50.7 Å². The lowest BCUT2D eigenvalue weighted by Gasteiger charge is -2.36. The summed E-state index contributed by atoms with van der Waals surface area (Å²) < 4.78 is 7.87. The number of anilines is 1. The Morgan fingerprint density at radius 1 is 1.09 bits per heavy atom. The maximum Gasteiger partial charge on any atom is 0.142 e. The number of aromatic nitrogens is 2. The van der Waals surface area contributed by atoms with Crippen molar-refractivity contribution in [3.8, 4) is 5.75 Å². The van der Waals surface area contributed by atoms with Crippen LogP contribution >= 0.6 is 11.3 Å². The Kier molecular flexibility index (Phi) is 6.66. The highest BCUT2D eigenvalue weighted by Gasteiger charge is 2.22. The van der Waals surface area contributed by atoms with E-state index in [1.807, 2.05) is 23.9 Å². The minimum Gasteiger partial charge on any atom is -0.492 e. The molecule has 0 unspecified atom stereocenters. The first-order valence-corrected chi connectivity index (χ1v) is 12.9. The highest BCUT2D eigenvalue weighted by atomic mass is 32.1. The number of hydrogen-bond donors (Lipinski definition) is 1. The summed E-state index contributed by atoms with van der Waals surface area (Å²) in [5, 5.41) is 9.92. The normalized spacial score (nSPS) is 17.5. The van der Waals surface area contributed by atoms with E-state index in [1.165, 1.54) is 16.1 Å². The molecule has 0 aliphatic carbocycles. The molecule has 0 bridgehead atoms. The van der Waals surface area contributed by atoms with Crippen molar-refractivity contribution >= 4 is 27.2 Å². The SMILES string of the molecule is CCOc1ccccc1N1CCN(CCCn2cnc3sc4c(c3c2=N)CCN(C)C4)CC1. The van der Waals surface area contributed by atoms with Gasteiger partial charge in [0.2, 0.25) is 0 Å². The molecule has 1 N–H and O–H groups in total. The van der Waals surface area contributed by atoms with Crippen LogP contribution in [0, 0.1) is 5.41 Å². The number of benzene rings is 1. The van der Waals surface area contributed by atoms with Crippen LogP contribution in [0.15, 0.2) is 30.6 Å². The third kappa shape index (κ3) is 4.65. The van der Waals surface area contributed by atoms with Crippen LogP contribution in [-0.2, 0) is 19.5 Å². The number of nitrogens with one attached hydrogen (secondary N) is 1. The van der Waals surface area contributed by atoms with E-state index in [1.54, 1.807) is 11.3 Å². The molecule has 2 aliphatic heterocycles. The lowest BCUT2D eigenvalue weighted by atomic mass is 10.1. The molecule has 0 atom stereocenters. The van der Waals surface area contributed by atoms with Gasteiger partial charge in [-0.1, -0.05) is 12.1 Å². The fraction of sp³-hybridized carbons (Fsp3) is 0.520.